The molecule has 2 aromatic rings. The summed E-state index contributed by atoms with van der Waals surface area (Å²) in [6, 6.07) is 18.0. The molecule has 3 rings (SSSR count). The van der Waals surface area contributed by atoms with E-state index >= 15 is 0 Å². The molecule has 0 N–H and O–H groups in total. The Kier molecular flexibility index (Phi) is 3.62. The van der Waals surface area contributed by atoms with Gasteiger partial charge in [0.15, 0.2) is 0 Å². The molecule has 0 heterocycles. The van der Waals surface area contributed by atoms with E-state index < -0.39 is 0 Å². The van der Waals surface area contributed by atoms with Gasteiger partial charge in [0.05, 0.1) is 0 Å². The maximum atomic E-state index is 2.35. The van der Waals surface area contributed by atoms with Crippen molar-refractivity contribution in [2.24, 2.45) is 0 Å². The molecule has 1 heteroatoms. The maximum absolute atomic E-state index is 2.35. The minimum Gasteiger partial charge on any atom is -0.309 e. The lowest BCUT2D eigenvalue weighted by Crippen LogP contribution is -2.19. The van der Waals surface area contributed by atoms with Crippen LogP contribution in [-0.2, 0) is 0 Å². The number of aryl methyl sites for hydroxylation is 1. The average Bonchev–Trinajstić information content (AvgIpc) is 2.77. The van der Waals surface area contributed by atoms with E-state index in [2.05, 4.69) is 74.4 Å². The molecule has 104 valence electrons. The first kappa shape index (κ1) is 13.4. The zero-order valence-corrected chi connectivity index (χ0v) is 12.6. The molecule has 0 spiro atoms. The Labute approximate surface area is 122 Å². The second kappa shape index (κ2) is 5.41. The molecule has 2 atom stereocenters. The van der Waals surface area contributed by atoms with Crippen LogP contribution in [0.15, 0.2) is 48.5 Å². The van der Waals surface area contributed by atoms with Crippen molar-refractivity contribution in [3.05, 3.63) is 70.8 Å². The number of fused-ring (bicyclic) bond motifs is 1. The van der Waals surface area contributed by atoms with Crippen molar-refractivity contribution in [1.82, 2.24) is 4.90 Å². The molecular weight excluding hydrogens is 242 g/mol. The average molecular weight is 265 g/mol. The molecule has 0 saturated heterocycles. The molecule has 0 fully saturated rings. The molecule has 20 heavy (non-hydrogen) atoms. The molecular formula is C19H23N. The van der Waals surface area contributed by atoms with Crippen LogP contribution < -0.4 is 0 Å². The summed E-state index contributed by atoms with van der Waals surface area (Å²) < 4.78 is 0. The Morgan fingerprint density at radius 3 is 2.45 bits per heavy atom. The van der Waals surface area contributed by atoms with E-state index in [0.717, 1.165) is 6.54 Å². The minimum absolute atomic E-state index is 0.566. The fourth-order valence-electron chi connectivity index (χ4n) is 3.55. The summed E-state index contributed by atoms with van der Waals surface area (Å²) >= 11 is 0. The minimum atomic E-state index is 0.566. The summed E-state index contributed by atoms with van der Waals surface area (Å²) in [6.07, 6.45) is 1.24. The molecule has 1 aliphatic rings. The van der Waals surface area contributed by atoms with Crippen molar-refractivity contribution < 1.29 is 0 Å². The van der Waals surface area contributed by atoms with Gasteiger partial charge in [0.2, 0.25) is 0 Å². The summed E-state index contributed by atoms with van der Waals surface area (Å²) in [5, 5.41) is 0. The van der Waals surface area contributed by atoms with Gasteiger partial charge in [0, 0.05) is 12.5 Å². The van der Waals surface area contributed by atoms with Gasteiger partial charge in [-0.25, -0.2) is 0 Å². The molecule has 0 aromatic heterocycles. The van der Waals surface area contributed by atoms with Gasteiger partial charge in [0.1, 0.15) is 0 Å². The van der Waals surface area contributed by atoms with Crippen molar-refractivity contribution in [2.45, 2.75) is 25.2 Å². The normalized spacial score (nSPS) is 21.2. The Balaban J connectivity index is 1.98. The first-order chi connectivity index (χ1) is 9.65. The van der Waals surface area contributed by atoms with E-state index in [1.165, 1.54) is 23.1 Å². The highest BCUT2D eigenvalue weighted by Gasteiger charge is 2.31. The van der Waals surface area contributed by atoms with E-state index in [0.29, 0.717) is 11.8 Å². The number of hydrogen-bond acceptors (Lipinski definition) is 1. The molecule has 0 bridgehead atoms. The number of rotatable bonds is 3. The first-order valence-corrected chi connectivity index (χ1v) is 7.45. The van der Waals surface area contributed by atoms with Crippen molar-refractivity contribution in [3.8, 4) is 0 Å². The Morgan fingerprint density at radius 1 is 1.00 bits per heavy atom. The van der Waals surface area contributed by atoms with Crippen molar-refractivity contribution >= 4 is 0 Å². The molecule has 0 radical (unpaired) electrons. The smallest absolute Gasteiger partial charge is 0.00985 e. The highest BCUT2D eigenvalue weighted by molar-refractivity contribution is 5.45. The zero-order chi connectivity index (χ0) is 14.1. The molecule has 0 aliphatic heterocycles. The van der Waals surface area contributed by atoms with Crippen molar-refractivity contribution in [3.63, 3.8) is 0 Å². The summed E-state index contributed by atoms with van der Waals surface area (Å²) in [7, 11) is 4.34. The van der Waals surface area contributed by atoms with Crippen LogP contribution in [0.4, 0.5) is 0 Å². The van der Waals surface area contributed by atoms with E-state index in [-0.39, 0.29) is 0 Å². The Hall–Kier alpha value is -1.60. The molecule has 0 saturated carbocycles. The summed E-state index contributed by atoms with van der Waals surface area (Å²) in [4.78, 5) is 2.31. The van der Waals surface area contributed by atoms with Gasteiger partial charge >= 0.3 is 0 Å². The van der Waals surface area contributed by atoms with Crippen LogP contribution in [0.1, 0.15) is 40.5 Å². The van der Waals surface area contributed by atoms with Crippen LogP contribution >= 0.6 is 0 Å². The number of hydrogen-bond donors (Lipinski definition) is 0. The van der Waals surface area contributed by atoms with Crippen LogP contribution in [0.3, 0.4) is 0 Å². The van der Waals surface area contributed by atoms with Crippen LogP contribution in [0.25, 0.3) is 0 Å². The predicted molar refractivity (Wildman–Crippen MR) is 85.4 cm³/mol. The van der Waals surface area contributed by atoms with Crippen molar-refractivity contribution in [2.75, 3.05) is 20.6 Å². The van der Waals surface area contributed by atoms with E-state index in [1.54, 1.807) is 5.56 Å². The fourth-order valence-corrected chi connectivity index (χ4v) is 3.55. The lowest BCUT2D eigenvalue weighted by atomic mass is 9.91. The van der Waals surface area contributed by atoms with Crippen LogP contribution in [-0.4, -0.2) is 25.5 Å². The number of likely N-dealkylation sites (N-methyl/N-ethyl adjacent to an activating group) is 1. The van der Waals surface area contributed by atoms with E-state index in [4.69, 9.17) is 0 Å². The van der Waals surface area contributed by atoms with Crippen LogP contribution in [0, 0.1) is 6.92 Å². The lowest BCUT2D eigenvalue weighted by Gasteiger charge is -2.17. The SMILES string of the molecule is Cc1cccc([C@@H]2C[C@@H](CN(C)C)c3ccccc32)c1. The monoisotopic (exact) mass is 265 g/mol. The molecule has 0 unspecified atom stereocenters. The Bertz CT molecular complexity index is 600. The Morgan fingerprint density at radius 2 is 1.75 bits per heavy atom. The standard InChI is InChI=1S/C19H23N/c1-14-7-6-8-15(11-14)19-12-16(13-20(2)3)17-9-4-5-10-18(17)19/h4-11,16,19H,12-13H2,1-3H3/t16-,19-/m0/s1. The predicted octanol–water partition coefficient (Wildman–Crippen LogP) is 4.18. The molecule has 1 aliphatic carbocycles. The first-order valence-electron chi connectivity index (χ1n) is 7.45. The number of nitrogens with zero attached hydrogens (tertiary/aromatic N) is 1. The van der Waals surface area contributed by atoms with Gasteiger partial charge in [-0.1, -0.05) is 54.1 Å². The zero-order valence-electron chi connectivity index (χ0n) is 12.6. The van der Waals surface area contributed by atoms with E-state index in [1.807, 2.05) is 0 Å². The third-order valence-electron chi connectivity index (χ3n) is 4.36. The second-order valence-electron chi connectivity index (χ2n) is 6.29. The van der Waals surface area contributed by atoms with Gasteiger partial charge in [-0.05, 0) is 50.0 Å². The van der Waals surface area contributed by atoms with Crippen LogP contribution in [0.2, 0.25) is 0 Å². The number of benzene rings is 2. The van der Waals surface area contributed by atoms with Crippen LogP contribution in [0.5, 0.6) is 0 Å². The van der Waals surface area contributed by atoms with Gasteiger partial charge in [0.25, 0.3) is 0 Å². The highest BCUT2D eigenvalue weighted by Crippen LogP contribution is 2.45. The molecule has 0 amide bonds. The molecule has 1 nitrogen and oxygen atoms in total. The summed E-state index contributed by atoms with van der Waals surface area (Å²) in [5.41, 5.74) is 5.91. The largest absolute Gasteiger partial charge is 0.309 e. The van der Waals surface area contributed by atoms with Gasteiger partial charge in [-0.15, -0.1) is 0 Å². The lowest BCUT2D eigenvalue weighted by molar-refractivity contribution is 0.368. The molecule has 2 aromatic carbocycles. The summed E-state index contributed by atoms with van der Waals surface area (Å²) in [6.45, 7) is 3.32. The topological polar surface area (TPSA) is 3.24 Å². The summed E-state index contributed by atoms with van der Waals surface area (Å²) in [5.74, 6) is 1.22. The van der Waals surface area contributed by atoms with Gasteiger partial charge < -0.3 is 4.90 Å². The highest BCUT2D eigenvalue weighted by atomic mass is 15.1. The van der Waals surface area contributed by atoms with Crippen molar-refractivity contribution in [1.29, 1.82) is 0 Å². The van der Waals surface area contributed by atoms with Gasteiger partial charge in [-0.2, -0.15) is 0 Å². The maximum Gasteiger partial charge on any atom is 0.00985 e. The van der Waals surface area contributed by atoms with E-state index in [9.17, 15) is 0 Å². The third-order valence-corrected chi connectivity index (χ3v) is 4.36. The quantitative estimate of drug-likeness (QED) is 0.805. The second-order valence-corrected chi connectivity index (χ2v) is 6.29. The third kappa shape index (κ3) is 2.51. The fraction of sp³-hybridized carbons (Fsp3) is 0.368. The van der Waals surface area contributed by atoms with Gasteiger partial charge in [-0.3, -0.25) is 0 Å².